The van der Waals surface area contributed by atoms with Gasteiger partial charge in [0.15, 0.2) is 11.1 Å². The Morgan fingerprint density at radius 2 is 1.59 bits per heavy atom. The Morgan fingerprint density at radius 1 is 0.941 bits per heavy atom. The lowest BCUT2D eigenvalue weighted by Gasteiger charge is -2.36. The third-order valence-electron chi connectivity index (χ3n) is 7.15. The van der Waals surface area contributed by atoms with Crippen molar-refractivity contribution < 1.29 is 13.6 Å². The monoisotopic (exact) mass is 477 g/mol. The van der Waals surface area contributed by atoms with Crippen LogP contribution in [-0.4, -0.2) is 19.9 Å². The Labute approximate surface area is 205 Å². The largest absolute Gasteiger partial charge is 0.542 e. The van der Waals surface area contributed by atoms with Crippen molar-refractivity contribution in [1.29, 1.82) is 0 Å². The summed E-state index contributed by atoms with van der Waals surface area (Å²) in [6.45, 7) is 23.2. The van der Waals surface area contributed by atoms with Gasteiger partial charge in [0, 0.05) is 16.5 Å². The molecule has 0 aliphatic carbocycles. The molecule has 0 unspecified atom stereocenters. The van der Waals surface area contributed by atoms with Crippen molar-refractivity contribution in [3.63, 3.8) is 0 Å². The Bertz CT molecular complexity index is 1240. The summed E-state index contributed by atoms with van der Waals surface area (Å²) >= 11 is 0. The zero-order valence-corrected chi connectivity index (χ0v) is 23.4. The number of ether oxygens (including phenoxy) is 1. The minimum absolute atomic E-state index is 0.0264. The molecule has 0 saturated carbocycles. The fraction of sp³-hybridized carbons (Fsp3) is 0.483. The molecular weight excluding hydrogens is 438 g/mol. The lowest BCUT2D eigenvalue weighted by Crippen LogP contribution is -2.43. The highest BCUT2D eigenvalue weighted by Crippen LogP contribution is 2.50. The van der Waals surface area contributed by atoms with Crippen molar-refractivity contribution >= 4 is 25.2 Å². The van der Waals surface area contributed by atoms with E-state index in [0.29, 0.717) is 12.5 Å². The van der Waals surface area contributed by atoms with Gasteiger partial charge in [-0.3, -0.25) is 0 Å². The molecule has 2 aromatic carbocycles. The number of hydrogen-bond acceptors (Lipinski definition) is 4. The van der Waals surface area contributed by atoms with Crippen LogP contribution < -0.4 is 4.43 Å². The van der Waals surface area contributed by atoms with Gasteiger partial charge < -0.3 is 13.6 Å². The number of fused-ring (bicyclic) bond motifs is 1. The van der Waals surface area contributed by atoms with Crippen molar-refractivity contribution in [2.75, 3.05) is 6.61 Å². The van der Waals surface area contributed by atoms with Crippen LogP contribution >= 0.6 is 0 Å². The van der Waals surface area contributed by atoms with Gasteiger partial charge in [0.05, 0.1) is 6.61 Å². The Kier molecular flexibility index (Phi) is 5.79. The average Bonchev–Trinajstić information content (AvgIpc) is 3.28. The topological polar surface area (TPSA) is 44.5 Å². The predicted molar refractivity (Wildman–Crippen MR) is 143 cm³/mol. The van der Waals surface area contributed by atoms with Crippen LogP contribution in [0.5, 0.6) is 5.75 Å². The lowest BCUT2D eigenvalue weighted by atomic mass is 9.71. The second kappa shape index (κ2) is 8.01. The summed E-state index contributed by atoms with van der Waals surface area (Å²) in [5.41, 5.74) is 4.68. The number of oxazole rings is 1. The van der Waals surface area contributed by atoms with E-state index >= 15 is 0 Å². The lowest BCUT2D eigenvalue weighted by molar-refractivity contribution is 0.213. The summed E-state index contributed by atoms with van der Waals surface area (Å²) in [6, 6.07) is 14.2. The molecule has 3 aromatic rings. The van der Waals surface area contributed by atoms with Gasteiger partial charge in [-0.1, -0.05) is 73.6 Å². The van der Waals surface area contributed by atoms with Crippen molar-refractivity contribution in [3.8, 4) is 17.2 Å². The van der Waals surface area contributed by atoms with E-state index in [1.54, 1.807) is 0 Å². The van der Waals surface area contributed by atoms with Crippen LogP contribution in [0.1, 0.15) is 61.0 Å². The van der Waals surface area contributed by atoms with Crippen molar-refractivity contribution in [3.05, 3.63) is 53.6 Å². The number of aromatic nitrogens is 1. The number of nitrogens with zero attached hydrogens (tertiary/aromatic N) is 1. The maximum absolute atomic E-state index is 6.84. The van der Waals surface area contributed by atoms with E-state index in [-0.39, 0.29) is 15.9 Å². The van der Waals surface area contributed by atoms with Crippen molar-refractivity contribution in [2.45, 2.75) is 73.5 Å². The third kappa shape index (κ3) is 4.42. The van der Waals surface area contributed by atoms with Crippen LogP contribution in [0.15, 0.2) is 52.5 Å². The molecule has 0 spiro atoms. The Hall–Kier alpha value is -2.53. The second-order valence-corrected chi connectivity index (χ2v) is 17.4. The highest BCUT2D eigenvalue weighted by Gasteiger charge is 2.42. The molecule has 0 radical (unpaired) electrons. The summed E-state index contributed by atoms with van der Waals surface area (Å²) in [6.07, 6.45) is 0. The van der Waals surface area contributed by atoms with Gasteiger partial charge in [-0.15, -0.1) is 0 Å². The molecule has 0 amide bonds. The van der Waals surface area contributed by atoms with Crippen LogP contribution in [0.25, 0.3) is 28.3 Å². The molecule has 2 heterocycles. The zero-order chi connectivity index (χ0) is 25.1. The molecule has 0 fully saturated rings. The van der Waals surface area contributed by atoms with E-state index in [4.69, 9.17) is 18.6 Å². The van der Waals surface area contributed by atoms with Gasteiger partial charge in [0.2, 0.25) is 5.89 Å². The molecule has 1 aliphatic heterocycles. The van der Waals surface area contributed by atoms with Gasteiger partial charge in [-0.2, -0.15) is 0 Å². The molecule has 4 nitrogen and oxygen atoms in total. The van der Waals surface area contributed by atoms with Gasteiger partial charge in [-0.05, 0) is 53.4 Å². The maximum atomic E-state index is 6.84. The Balaban J connectivity index is 1.96. The molecule has 34 heavy (non-hydrogen) atoms. The van der Waals surface area contributed by atoms with Gasteiger partial charge in [0.25, 0.3) is 8.32 Å². The minimum atomic E-state index is -2.12. The molecule has 182 valence electrons. The first-order chi connectivity index (χ1) is 15.6. The van der Waals surface area contributed by atoms with E-state index in [2.05, 4.69) is 80.6 Å². The highest BCUT2D eigenvalue weighted by atomic mass is 28.4. The molecule has 0 bridgehead atoms. The van der Waals surface area contributed by atoms with E-state index in [0.717, 1.165) is 33.7 Å². The van der Waals surface area contributed by atoms with E-state index in [1.165, 1.54) is 5.57 Å². The molecule has 1 aromatic heterocycles. The molecule has 0 atom stereocenters. The van der Waals surface area contributed by atoms with Crippen LogP contribution in [0.4, 0.5) is 0 Å². The summed E-state index contributed by atoms with van der Waals surface area (Å²) in [7, 11) is -2.12. The molecule has 0 saturated heterocycles. The molecule has 4 rings (SSSR count). The SMILES string of the molecule is CC(C)(C)C1=C(c2cc(O[Si](C)(C)C(C)(C)C)c3nc(-c4ccccc4)oc3c2)OCC1(C)C. The smallest absolute Gasteiger partial charge is 0.250 e. The van der Waals surface area contributed by atoms with Crippen LogP contribution in [-0.2, 0) is 4.74 Å². The van der Waals surface area contributed by atoms with Gasteiger partial charge in [0.1, 0.15) is 11.5 Å². The van der Waals surface area contributed by atoms with Gasteiger partial charge in [-0.25, -0.2) is 4.98 Å². The van der Waals surface area contributed by atoms with E-state index < -0.39 is 8.32 Å². The average molecular weight is 478 g/mol. The Morgan fingerprint density at radius 3 is 2.18 bits per heavy atom. The fourth-order valence-corrected chi connectivity index (χ4v) is 5.64. The maximum Gasteiger partial charge on any atom is 0.250 e. The third-order valence-corrected chi connectivity index (χ3v) is 11.5. The normalized spacial score (nSPS) is 16.8. The fourth-order valence-electron chi connectivity index (χ4n) is 4.63. The number of hydrogen-bond donors (Lipinski definition) is 0. The summed E-state index contributed by atoms with van der Waals surface area (Å²) in [5, 5.41) is 0.0585. The first-order valence-corrected chi connectivity index (χ1v) is 15.1. The first-order valence-electron chi connectivity index (χ1n) is 12.2. The zero-order valence-electron chi connectivity index (χ0n) is 22.4. The summed E-state index contributed by atoms with van der Waals surface area (Å²) < 4.78 is 19.5. The molecule has 1 aliphatic rings. The van der Waals surface area contributed by atoms with E-state index in [1.807, 2.05) is 30.3 Å². The summed E-state index contributed by atoms with van der Waals surface area (Å²) in [4.78, 5) is 4.89. The first kappa shape index (κ1) is 24.6. The summed E-state index contributed by atoms with van der Waals surface area (Å²) in [5.74, 6) is 2.32. The van der Waals surface area contributed by atoms with Crippen LogP contribution in [0.3, 0.4) is 0 Å². The van der Waals surface area contributed by atoms with Crippen LogP contribution in [0.2, 0.25) is 18.1 Å². The quantitative estimate of drug-likeness (QED) is 0.352. The number of benzene rings is 2. The predicted octanol–water partition coefficient (Wildman–Crippen LogP) is 8.69. The van der Waals surface area contributed by atoms with E-state index in [9.17, 15) is 0 Å². The highest BCUT2D eigenvalue weighted by molar-refractivity contribution is 6.74. The van der Waals surface area contributed by atoms with Crippen molar-refractivity contribution in [1.82, 2.24) is 4.98 Å². The molecule has 0 N–H and O–H groups in total. The number of rotatable bonds is 4. The minimum Gasteiger partial charge on any atom is -0.542 e. The second-order valence-electron chi connectivity index (χ2n) is 12.7. The van der Waals surface area contributed by atoms with Crippen LogP contribution in [0, 0.1) is 10.8 Å². The standard InChI is InChI=1S/C29H39NO3Si/c1-27(2,3)25-24(31-18-29(25,7)8)20-16-21-23(22(17-20)33-34(9,10)28(4,5)6)30-26(32-21)19-14-12-11-13-15-19/h11-17H,18H2,1-10H3. The molecule has 5 heteroatoms. The van der Waals surface area contributed by atoms with Gasteiger partial charge >= 0.3 is 0 Å². The molecular formula is C29H39NO3Si. The van der Waals surface area contributed by atoms with Crippen molar-refractivity contribution in [2.24, 2.45) is 10.8 Å².